The van der Waals surface area contributed by atoms with Crippen molar-refractivity contribution in [1.82, 2.24) is 0 Å². The van der Waals surface area contributed by atoms with Gasteiger partial charge in [-0.05, 0) is 43.2 Å². The number of amides is 2. The summed E-state index contributed by atoms with van der Waals surface area (Å²) in [6.45, 7) is 3.82. The number of anilines is 2. The lowest BCUT2D eigenvalue weighted by atomic mass is 10.1. The summed E-state index contributed by atoms with van der Waals surface area (Å²) in [5.41, 5.74) is 3.01. The summed E-state index contributed by atoms with van der Waals surface area (Å²) in [4.78, 5) is 11.9. The Balaban J connectivity index is 2.13. The summed E-state index contributed by atoms with van der Waals surface area (Å²) < 4.78 is 0. The minimum atomic E-state index is -0.413. The second kappa shape index (κ2) is 5.84. The second-order valence-corrected chi connectivity index (χ2v) is 4.98. The Kier molecular flexibility index (Phi) is 4.15. The molecule has 20 heavy (non-hydrogen) atoms. The monoisotopic (exact) mass is 290 g/mol. The molecule has 0 saturated carbocycles. The van der Waals surface area contributed by atoms with Crippen LogP contribution in [0.25, 0.3) is 0 Å². The van der Waals surface area contributed by atoms with Gasteiger partial charge in [0.1, 0.15) is 5.75 Å². The number of hydrogen-bond acceptors (Lipinski definition) is 2. The fourth-order valence-corrected chi connectivity index (χ4v) is 2.30. The first-order chi connectivity index (χ1) is 9.45. The number of urea groups is 1. The lowest BCUT2D eigenvalue weighted by Crippen LogP contribution is -2.20. The van der Waals surface area contributed by atoms with E-state index in [0.29, 0.717) is 16.4 Å². The van der Waals surface area contributed by atoms with Gasteiger partial charge in [-0.25, -0.2) is 4.79 Å². The highest BCUT2D eigenvalue weighted by Gasteiger charge is 2.09. The van der Waals surface area contributed by atoms with Gasteiger partial charge in [-0.1, -0.05) is 23.7 Å². The van der Waals surface area contributed by atoms with Crippen LogP contribution in [-0.2, 0) is 0 Å². The lowest BCUT2D eigenvalue weighted by molar-refractivity contribution is 0.262. The van der Waals surface area contributed by atoms with E-state index in [1.165, 1.54) is 12.1 Å². The van der Waals surface area contributed by atoms with Crippen molar-refractivity contribution in [3.8, 4) is 5.75 Å². The summed E-state index contributed by atoms with van der Waals surface area (Å²) in [6.07, 6.45) is 0. The topological polar surface area (TPSA) is 61.4 Å². The summed E-state index contributed by atoms with van der Waals surface area (Å²) >= 11 is 6.12. The smallest absolute Gasteiger partial charge is 0.323 e. The standard InChI is InChI=1S/C15H15ClN2O2/c1-9-6-10(2)14(13(16)7-9)18-15(20)17-11-4-3-5-12(19)8-11/h3-8,19H,1-2H3,(H2,17,18,20). The predicted molar refractivity (Wildman–Crippen MR) is 81.7 cm³/mol. The Morgan fingerprint density at radius 3 is 2.55 bits per heavy atom. The van der Waals surface area contributed by atoms with Crippen LogP contribution >= 0.6 is 11.6 Å². The van der Waals surface area contributed by atoms with Gasteiger partial charge in [0.25, 0.3) is 0 Å². The number of nitrogens with one attached hydrogen (secondary N) is 2. The first-order valence-electron chi connectivity index (χ1n) is 6.09. The largest absolute Gasteiger partial charge is 0.508 e. The Morgan fingerprint density at radius 2 is 1.90 bits per heavy atom. The van der Waals surface area contributed by atoms with Crippen LogP contribution < -0.4 is 10.6 Å². The van der Waals surface area contributed by atoms with Gasteiger partial charge in [0, 0.05) is 11.8 Å². The van der Waals surface area contributed by atoms with Gasteiger partial charge < -0.3 is 15.7 Å². The summed E-state index contributed by atoms with van der Waals surface area (Å²) in [6, 6.07) is 9.64. The third-order valence-electron chi connectivity index (χ3n) is 2.77. The Morgan fingerprint density at radius 1 is 1.15 bits per heavy atom. The van der Waals surface area contributed by atoms with E-state index in [2.05, 4.69) is 10.6 Å². The molecule has 0 unspecified atom stereocenters. The molecule has 0 aliphatic heterocycles. The van der Waals surface area contributed by atoms with Crippen molar-refractivity contribution in [3.05, 3.63) is 52.5 Å². The number of aryl methyl sites for hydroxylation is 2. The maximum atomic E-state index is 11.9. The fraction of sp³-hybridized carbons (Fsp3) is 0.133. The van der Waals surface area contributed by atoms with Crippen molar-refractivity contribution >= 4 is 29.0 Å². The summed E-state index contributed by atoms with van der Waals surface area (Å²) in [7, 11) is 0. The van der Waals surface area contributed by atoms with Crippen LogP contribution in [0, 0.1) is 13.8 Å². The molecule has 0 saturated heterocycles. The number of phenols is 1. The second-order valence-electron chi connectivity index (χ2n) is 4.57. The van der Waals surface area contributed by atoms with Gasteiger partial charge in [0.2, 0.25) is 0 Å². The minimum Gasteiger partial charge on any atom is -0.508 e. The van der Waals surface area contributed by atoms with Crippen molar-refractivity contribution in [3.63, 3.8) is 0 Å². The molecule has 104 valence electrons. The highest BCUT2D eigenvalue weighted by molar-refractivity contribution is 6.34. The molecule has 0 spiro atoms. The molecule has 0 aliphatic carbocycles. The van der Waals surface area contributed by atoms with E-state index in [4.69, 9.17) is 11.6 Å². The Bertz CT molecular complexity index is 633. The number of carbonyl (C=O) groups is 1. The Labute approximate surface area is 122 Å². The van der Waals surface area contributed by atoms with Crippen LogP contribution in [-0.4, -0.2) is 11.1 Å². The van der Waals surface area contributed by atoms with Crippen molar-refractivity contribution in [1.29, 1.82) is 0 Å². The molecule has 0 fully saturated rings. The number of rotatable bonds is 2. The molecule has 0 radical (unpaired) electrons. The molecule has 4 nitrogen and oxygen atoms in total. The van der Waals surface area contributed by atoms with E-state index in [1.807, 2.05) is 19.9 Å². The van der Waals surface area contributed by atoms with Crippen LogP contribution in [0.1, 0.15) is 11.1 Å². The number of halogens is 1. The van der Waals surface area contributed by atoms with E-state index in [9.17, 15) is 9.90 Å². The average molecular weight is 291 g/mol. The van der Waals surface area contributed by atoms with E-state index >= 15 is 0 Å². The van der Waals surface area contributed by atoms with Crippen LogP contribution in [0.3, 0.4) is 0 Å². The highest BCUT2D eigenvalue weighted by Crippen LogP contribution is 2.27. The minimum absolute atomic E-state index is 0.0901. The van der Waals surface area contributed by atoms with Crippen LogP contribution in [0.5, 0.6) is 5.75 Å². The predicted octanol–water partition coefficient (Wildman–Crippen LogP) is 4.31. The molecular weight excluding hydrogens is 276 g/mol. The normalized spacial score (nSPS) is 10.2. The van der Waals surface area contributed by atoms with Crippen LogP contribution in [0.2, 0.25) is 5.02 Å². The molecule has 0 aromatic heterocycles. The molecule has 0 bridgehead atoms. The van der Waals surface area contributed by atoms with E-state index in [-0.39, 0.29) is 5.75 Å². The molecule has 0 aliphatic rings. The number of phenolic OH excluding ortho intramolecular Hbond substituents is 1. The molecular formula is C15H15ClN2O2. The first-order valence-corrected chi connectivity index (χ1v) is 6.47. The van der Waals surface area contributed by atoms with Gasteiger partial charge in [-0.3, -0.25) is 0 Å². The number of carbonyl (C=O) groups excluding carboxylic acids is 1. The van der Waals surface area contributed by atoms with Gasteiger partial charge >= 0.3 is 6.03 Å². The van der Waals surface area contributed by atoms with Crippen molar-refractivity contribution in [2.75, 3.05) is 10.6 Å². The summed E-state index contributed by atoms with van der Waals surface area (Å²) in [5.74, 6) is 0.0901. The van der Waals surface area contributed by atoms with Crippen molar-refractivity contribution in [2.45, 2.75) is 13.8 Å². The molecule has 0 heterocycles. The first kappa shape index (κ1) is 14.2. The molecule has 5 heteroatoms. The highest BCUT2D eigenvalue weighted by atomic mass is 35.5. The molecule has 2 rings (SSSR count). The number of aromatic hydroxyl groups is 1. The lowest BCUT2D eigenvalue weighted by Gasteiger charge is -2.12. The summed E-state index contributed by atoms with van der Waals surface area (Å²) in [5, 5.41) is 15.2. The van der Waals surface area contributed by atoms with Gasteiger partial charge in [-0.2, -0.15) is 0 Å². The zero-order valence-electron chi connectivity index (χ0n) is 11.2. The van der Waals surface area contributed by atoms with Gasteiger partial charge in [0.05, 0.1) is 10.7 Å². The van der Waals surface area contributed by atoms with E-state index in [0.717, 1.165) is 11.1 Å². The molecule has 2 aromatic carbocycles. The van der Waals surface area contributed by atoms with Crippen LogP contribution in [0.15, 0.2) is 36.4 Å². The fourth-order valence-electron chi connectivity index (χ4n) is 1.93. The van der Waals surface area contributed by atoms with Crippen LogP contribution in [0.4, 0.5) is 16.2 Å². The third-order valence-corrected chi connectivity index (χ3v) is 3.07. The zero-order chi connectivity index (χ0) is 14.7. The quantitative estimate of drug-likeness (QED) is 0.772. The maximum absolute atomic E-state index is 11.9. The molecule has 3 N–H and O–H groups in total. The molecule has 2 aromatic rings. The molecule has 2 amide bonds. The van der Waals surface area contributed by atoms with E-state index < -0.39 is 6.03 Å². The maximum Gasteiger partial charge on any atom is 0.323 e. The number of hydrogen-bond donors (Lipinski definition) is 3. The van der Waals surface area contributed by atoms with Gasteiger partial charge in [-0.15, -0.1) is 0 Å². The zero-order valence-corrected chi connectivity index (χ0v) is 12.0. The Hall–Kier alpha value is -2.20. The van der Waals surface area contributed by atoms with Crippen molar-refractivity contribution in [2.24, 2.45) is 0 Å². The number of benzene rings is 2. The SMILES string of the molecule is Cc1cc(C)c(NC(=O)Nc2cccc(O)c2)c(Cl)c1. The average Bonchev–Trinajstić information content (AvgIpc) is 2.33. The third kappa shape index (κ3) is 3.42. The van der Waals surface area contributed by atoms with Crippen molar-refractivity contribution < 1.29 is 9.90 Å². The van der Waals surface area contributed by atoms with Gasteiger partial charge in [0.15, 0.2) is 0 Å². The van der Waals surface area contributed by atoms with E-state index in [1.54, 1.807) is 18.2 Å². The molecule has 0 atom stereocenters.